The van der Waals surface area contributed by atoms with Crippen molar-refractivity contribution in [3.8, 4) is 11.1 Å². The summed E-state index contributed by atoms with van der Waals surface area (Å²) in [7, 11) is 0. The van der Waals surface area contributed by atoms with Crippen LogP contribution < -0.4 is 5.73 Å². The van der Waals surface area contributed by atoms with E-state index in [9.17, 15) is 0 Å². The van der Waals surface area contributed by atoms with E-state index in [4.69, 9.17) is 28.9 Å². The Morgan fingerprint density at radius 3 is 2.78 bits per heavy atom. The largest absolute Gasteiger partial charge is 0.366 e. The molecule has 0 radical (unpaired) electrons. The zero-order valence-electron chi connectivity index (χ0n) is 9.14. The number of hydrogen-bond donors (Lipinski definition) is 1. The first kappa shape index (κ1) is 11.3. The van der Waals surface area contributed by atoms with Gasteiger partial charge in [-0.3, -0.25) is 0 Å². The molecule has 0 atom stereocenters. The summed E-state index contributed by atoms with van der Waals surface area (Å²) in [6.45, 7) is 0. The molecule has 2 aromatic heterocycles. The fraction of sp³-hybridized carbons (Fsp3) is 0. The minimum absolute atomic E-state index is 0.240. The topological polar surface area (TPSA) is 56.2 Å². The molecule has 0 unspecified atom stereocenters. The zero-order chi connectivity index (χ0) is 12.7. The highest BCUT2D eigenvalue weighted by Crippen LogP contribution is 2.33. The van der Waals surface area contributed by atoms with Gasteiger partial charge in [0.25, 0.3) is 0 Å². The van der Waals surface area contributed by atoms with Crippen LogP contribution in [-0.4, -0.2) is 14.6 Å². The average molecular weight is 279 g/mol. The highest BCUT2D eigenvalue weighted by atomic mass is 35.5. The first-order chi connectivity index (χ1) is 8.65. The van der Waals surface area contributed by atoms with Gasteiger partial charge in [0.2, 0.25) is 5.95 Å². The summed E-state index contributed by atoms with van der Waals surface area (Å²) in [5.41, 5.74) is 7.98. The molecule has 0 amide bonds. The maximum absolute atomic E-state index is 6.18. The maximum atomic E-state index is 6.18. The number of halogens is 2. The Bertz CT molecular complexity index is 736. The highest BCUT2D eigenvalue weighted by Gasteiger charge is 2.08. The van der Waals surface area contributed by atoms with Crippen molar-refractivity contribution in [2.45, 2.75) is 0 Å². The summed E-state index contributed by atoms with van der Waals surface area (Å²) < 4.78 is 1.61. The van der Waals surface area contributed by atoms with Crippen molar-refractivity contribution >= 4 is 34.8 Å². The Morgan fingerprint density at radius 1 is 1.11 bits per heavy atom. The average Bonchev–Trinajstić information content (AvgIpc) is 2.71. The Labute approximate surface area is 113 Å². The van der Waals surface area contributed by atoms with E-state index in [2.05, 4.69) is 10.1 Å². The van der Waals surface area contributed by atoms with E-state index in [0.717, 1.165) is 11.1 Å². The summed E-state index contributed by atoms with van der Waals surface area (Å²) in [5, 5.41) is 5.10. The molecule has 0 bridgehead atoms. The summed E-state index contributed by atoms with van der Waals surface area (Å²) in [4.78, 5) is 4.06. The van der Waals surface area contributed by atoms with Crippen LogP contribution in [0.15, 0.2) is 36.5 Å². The van der Waals surface area contributed by atoms with Gasteiger partial charge in [-0.1, -0.05) is 35.3 Å². The number of benzene rings is 1. The van der Waals surface area contributed by atoms with Gasteiger partial charge in [0.15, 0.2) is 5.65 Å². The summed E-state index contributed by atoms with van der Waals surface area (Å²) in [6.07, 6.45) is 1.82. The third kappa shape index (κ3) is 1.79. The molecule has 1 aromatic carbocycles. The monoisotopic (exact) mass is 278 g/mol. The van der Waals surface area contributed by atoms with Crippen LogP contribution in [0.2, 0.25) is 10.0 Å². The molecule has 4 nitrogen and oxygen atoms in total. The van der Waals surface area contributed by atoms with Gasteiger partial charge in [0.1, 0.15) is 0 Å². The van der Waals surface area contributed by atoms with Gasteiger partial charge in [-0.15, -0.1) is 5.10 Å². The SMILES string of the molecule is Nc1nc2ccc(-c3cccc(Cl)c3Cl)cn2n1. The van der Waals surface area contributed by atoms with Gasteiger partial charge < -0.3 is 5.73 Å². The van der Waals surface area contributed by atoms with Crippen LogP contribution in [0.1, 0.15) is 0 Å². The third-order valence-corrected chi connectivity index (χ3v) is 3.43. The van der Waals surface area contributed by atoms with E-state index in [-0.39, 0.29) is 5.95 Å². The van der Waals surface area contributed by atoms with Crippen molar-refractivity contribution in [1.82, 2.24) is 14.6 Å². The summed E-state index contributed by atoms with van der Waals surface area (Å²) in [5.74, 6) is 0.240. The number of nitrogens with zero attached hydrogens (tertiary/aromatic N) is 3. The van der Waals surface area contributed by atoms with E-state index in [1.165, 1.54) is 0 Å². The van der Waals surface area contributed by atoms with Crippen molar-refractivity contribution in [2.24, 2.45) is 0 Å². The molecule has 6 heteroatoms. The Balaban J connectivity index is 2.22. The highest BCUT2D eigenvalue weighted by molar-refractivity contribution is 6.43. The van der Waals surface area contributed by atoms with Crippen LogP contribution in [0.5, 0.6) is 0 Å². The molecule has 3 rings (SSSR count). The summed E-state index contributed by atoms with van der Waals surface area (Å²) in [6, 6.07) is 9.23. The first-order valence-corrected chi connectivity index (χ1v) is 5.97. The van der Waals surface area contributed by atoms with Crippen molar-refractivity contribution in [1.29, 1.82) is 0 Å². The molecule has 90 valence electrons. The number of hydrogen-bond acceptors (Lipinski definition) is 3. The van der Waals surface area contributed by atoms with Gasteiger partial charge in [0.05, 0.1) is 10.0 Å². The fourth-order valence-electron chi connectivity index (χ4n) is 1.79. The van der Waals surface area contributed by atoms with E-state index < -0.39 is 0 Å². The van der Waals surface area contributed by atoms with E-state index >= 15 is 0 Å². The van der Waals surface area contributed by atoms with Crippen LogP contribution >= 0.6 is 23.2 Å². The van der Waals surface area contributed by atoms with Crippen LogP contribution in [-0.2, 0) is 0 Å². The number of rotatable bonds is 1. The Morgan fingerprint density at radius 2 is 1.94 bits per heavy atom. The molecule has 0 aliphatic rings. The van der Waals surface area contributed by atoms with Crippen LogP contribution in [0.3, 0.4) is 0 Å². The van der Waals surface area contributed by atoms with Gasteiger partial charge in [-0.25, -0.2) is 4.52 Å². The molecule has 3 aromatic rings. The molecule has 2 heterocycles. The number of nitrogen functional groups attached to an aromatic ring is 1. The molecule has 0 fully saturated rings. The second-order valence-corrected chi connectivity index (χ2v) is 4.58. The van der Waals surface area contributed by atoms with Crippen molar-refractivity contribution in [2.75, 3.05) is 5.73 Å². The number of aromatic nitrogens is 3. The fourth-order valence-corrected chi connectivity index (χ4v) is 2.20. The molecule has 0 aliphatic heterocycles. The van der Waals surface area contributed by atoms with Crippen LogP contribution in [0.25, 0.3) is 16.8 Å². The predicted octanol–water partition coefficient (Wildman–Crippen LogP) is 3.29. The molecule has 0 saturated heterocycles. The van der Waals surface area contributed by atoms with Crippen molar-refractivity contribution in [3.63, 3.8) is 0 Å². The van der Waals surface area contributed by atoms with Gasteiger partial charge >= 0.3 is 0 Å². The lowest BCUT2D eigenvalue weighted by Gasteiger charge is -2.05. The number of nitrogens with two attached hydrogens (primary N) is 1. The smallest absolute Gasteiger partial charge is 0.240 e. The summed E-state index contributed by atoms with van der Waals surface area (Å²) >= 11 is 12.2. The first-order valence-electron chi connectivity index (χ1n) is 5.21. The molecular formula is C12H8Cl2N4. The van der Waals surface area contributed by atoms with Gasteiger partial charge in [-0.05, 0) is 18.2 Å². The Kier molecular flexibility index (Phi) is 2.61. The predicted molar refractivity (Wildman–Crippen MR) is 72.9 cm³/mol. The molecule has 2 N–H and O–H groups in total. The standard InChI is InChI=1S/C12H8Cl2N4/c13-9-3-1-2-8(11(9)14)7-4-5-10-16-12(15)17-18(10)6-7/h1-6H,(H2,15,17). The molecule has 0 spiro atoms. The second kappa shape index (κ2) is 4.15. The number of pyridine rings is 1. The zero-order valence-corrected chi connectivity index (χ0v) is 10.7. The molecule has 0 aliphatic carbocycles. The lowest BCUT2D eigenvalue weighted by atomic mass is 10.1. The van der Waals surface area contributed by atoms with Crippen molar-refractivity contribution < 1.29 is 0 Å². The minimum Gasteiger partial charge on any atom is -0.366 e. The molecule has 18 heavy (non-hydrogen) atoms. The minimum atomic E-state index is 0.240. The number of anilines is 1. The van der Waals surface area contributed by atoms with E-state index in [0.29, 0.717) is 15.7 Å². The second-order valence-electron chi connectivity index (χ2n) is 3.79. The van der Waals surface area contributed by atoms with Gasteiger partial charge in [0, 0.05) is 17.3 Å². The van der Waals surface area contributed by atoms with E-state index in [1.807, 2.05) is 30.5 Å². The van der Waals surface area contributed by atoms with E-state index in [1.54, 1.807) is 10.6 Å². The molecular weight excluding hydrogens is 271 g/mol. The maximum Gasteiger partial charge on any atom is 0.240 e. The van der Waals surface area contributed by atoms with Gasteiger partial charge in [-0.2, -0.15) is 4.98 Å². The lowest BCUT2D eigenvalue weighted by Crippen LogP contribution is -1.90. The van der Waals surface area contributed by atoms with Crippen molar-refractivity contribution in [3.05, 3.63) is 46.6 Å². The third-order valence-electron chi connectivity index (χ3n) is 2.61. The normalized spacial score (nSPS) is 11.0. The molecule has 0 saturated carbocycles. The quantitative estimate of drug-likeness (QED) is 0.743. The lowest BCUT2D eigenvalue weighted by molar-refractivity contribution is 0.969. The van der Waals surface area contributed by atoms with Crippen LogP contribution in [0, 0.1) is 0 Å². The van der Waals surface area contributed by atoms with Crippen LogP contribution in [0.4, 0.5) is 5.95 Å². The Hall–Kier alpha value is -1.78. The number of fused-ring (bicyclic) bond motifs is 1.